The summed E-state index contributed by atoms with van der Waals surface area (Å²) in [6, 6.07) is 9.05. The van der Waals surface area contributed by atoms with Crippen LogP contribution in [0.5, 0.6) is 0 Å². The molecule has 0 N–H and O–H groups in total. The van der Waals surface area contributed by atoms with Crippen molar-refractivity contribution >= 4 is 21.7 Å². The van der Waals surface area contributed by atoms with Crippen LogP contribution in [0.4, 0.5) is 0 Å². The largest absolute Gasteiger partial charge is 0.449 e. The van der Waals surface area contributed by atoms with E-state index in [1.165, 1.54) is 11.8 Å². The predicted octanol–water partition coefficient (Wildman–Crippen LogP) is 2.07. The van der Waals surface area contributed by atoms with E-state index < -0.39 is 27.8 Å². The molecule has 0 radical (unpaired) electrons. The molecule has 0 saturated carbocycles. The van der Waals surface area contributed by atoms with Crippen molar-refractivity contribution in [1.29, 1.82) is 0 Å². The van der Waals surface area contributed by atoms with E-state index in [2.05, 4.69) is 5.10 Å². The zero-order valence-electron chi connectivity index (χ0n) is 17.7. The average molecular weight is 434 g/mol. The minimum atomic E-state index is -3.12. The van der Waals surface area contributed by atoms with Crippen LogP contribution in [-0.4, -0.2) is 65.2 Å². The number of sulfone groups is 1. The Morgan fingerprint density at radius 3 is 2.50 bits per heavy atom. The number of benzene rings is 1. The van der Waals surface area contributed by atoms with Gasteiger partial charge in [-0.3, -0.25) is 4.79 Å². The molecule has 9 heteroatoms. The molecule has 2 atom stereocenters. The number of hydrogen-bond acceptors (Lipinski definition) is 6. The van der Waals surface area contributed by atoms with Crippen molar-refractivity contribution < 1.29 is 22.7 Å². The molecule has 3 rings (SSSR count). The Hall–Kier alpha value is -2.68. The highest BCUT2D eigenvalue weighted by Crippen LogP contribution is 2.21. The van der Waals surface area contributed by atoms with Gasteiger partial charge in [0.25, 0.3) is 5.91 Å². The van der Waals surface area contributed by atoms with Crippen molar-refractivity contribution in [1.82, 2.24) is 14.7 Å². The van der Waals surface area contributed by atoms with E-state index in [0.29, 0.717) is 29.9 Å². The summed E-state index contributed by atoms with van der Waals surface area (Å²) in [6.07, 6.45) is -0.621. The van der Waals surface area contributed by atoms with Gasteiger partial charge in [0.15, 0.2) is 15.9 Å². The van der Waals surface area contributed by atoms with E-state index in [0.717, 1.165) is 5.69 Å². The fraction of sp³-hybridized carbons (Fsp3) is 0.476. The SMILES string of the molecule is CCN(C(=O)[C@@H](C)OC(=O)c1c(C)nn(-c2ccccc2)c1C)[C@H]1CCS(=O)(=O)C1. The Bertz CT molecular complexity index is 1050. The monoisotopic (exact) mass is 433 g/mol. The molecule has 162 valence electrons. The maximum atomic E-state index is 12.9. The summed E-state index contributed by atoms with van der Waals surface area (Å²) in [7, 11) is -3.12. The zero-order chi connectivity index (χ0) is 22.1. The van der Waals surface area contributed by atoms with Crippen LogP contribution in [0, 0.1) is 13.8 Å². The number of amides is 1. The number of ether oxygens (including phenoxy) is 1. The lowest BCUT2D eigenvalue weighted by molar-refractivity contribution is -0.141. The number of aromatic nitrogens is 2. The summed E-state index contributed by atoms with van der Waals surface area (Å²) >= 11 is 0. The van der Waals surface area contributed by atoms with Gasteiger partial charge in [0.05, 0.1) is 28.6 Å². The number of carbonyl (C=O) groups is 2. The van der Waals surface area contributed by atoms with Crippen LogP contribution in [0.25, 0.3) is 5.69 Å². The summed E-state index contributed by atoms with van der Waals surface area (Å²) in [6.45, 7) is 7.15. The fourth-order valence-corrected chi connectivity index (χ4v) is 5.61. The van der Waals surface area contributed by atoms with E-state index >= 15 is 0 Å². The van der Waals surface area contributed by atoms with E-state index in [4.69, 9.17) is 4.74 Å². The Morgan fingerprint density at radius 2 is 1.93 bits per heavy atom. The third-order valence-corrected chi connectivity index (χ3v) is 7.15. The topological polar surface area (TPSA) is 98.6 Å². The lowest BCUT2D eigenvalue weighted by Crippen LogP contribution is -2.46. The number of rotatable bonds is 6. The third kappa shape index (κ3) is 4.40. The molecular weight excluding hydrogens is 406 g/mol. The van der Waals surface area contributed by atoms with Crippen LogP contribution in [0.1, 0.15) is 42.0 Å². The Morgan fingerprint density at radius 1 is 1.27 bits per heavy atom. The maximum Gasteiger partial charge on any atom is 0.342 e. The van der Waals surface area contributed by atoms with Gasteiger partial charge in [0.1, 0.15) is 5.56 Å². The van der Waals surface area contributed by atoms with Gasteiger partial charge in [-0.1, -0.05) is 18.2 Å². The van der Waals surface area contributed by atoms with Gasteiger partial charge in [0.2, 0.25) is 0 Å². The van der Waals surface area contributed by atoms with Gasteiger partial charge in [0, 0.05) is 12.6 Å². The Balaban J connectivity index is 1.75. The van der Waals surface area contributed by atoms with Gasteiger partial charge < -0.3 is 9.64 Å². The molecule has 1 aliphatic heterocycles. The molecule has 30 heavy (non-hydrogen) atoms. The highest BCUT2D eigenvalue weighted by Gasteiger charge is 2.36. The maximum absolute atomic E-state index is 12.9. The molecule has 0 spiro atoms. The van der Waals surface area contributed by atoms with Gasteiger partial charge in [-0.05, 0) is 46.2 Å². The van der Waals surface area contributed by atoms with Crippen LogP contribution in [0.3, 0.4) is 0 Å². The van der Waals surface area contributed by atoms with Gasteiger partial charge in [-0.25, -0.2) is 17.9 Å². The fourth-order valence-electron chi connectivity index (χ4n) is 3.88. The molecule has 1 amide bonds. The Kier molecular flexibility index (Phi) is 6.30. The predicted molar refractivity (Wildman–Crippen MR) is 112 cm³/mol. The van der Waals surface area contributed by atoms with E-state index in [1.807, 2.05) is 30.3 Å². The summed E-state index contributed by atoms with van der Waals surface area (Å²) in [4.78, 5) is 27.2. The van der Waals surface area contributed by atoms with Gasteiger partial charge >= 0.3 is 5.97 Å². The summed E-state index contributed by atoms with van der Waals surface area (Å²) in [5, 5.41) is 4.44. The molecule has 1 aromatic carbocycles. The van der Waals surface area contributed by atoms with Gasteiger partial charge in [-0.15, -0.1) is 0 Å². The lowest BCUT2D eigenvalue weighted by atomic mass is 10.2. The molecular formula is C21H27N3O5S. The van der Waals surface area contributed by atoms with Crippen LogP contribution in [0.15, 0.2) is 30.3 Å². The van der Waals surface area contributed by atoms with Crippen LogP contribution in [0.2, 0.25) is 0 Å². The number of hydrogen-bond donors (Lipinski definition) is 0. The quantitative estimate of drug-likeness (QED) is 0.647. The number of likely N-dealkylation sites (N-methyl/N-ethyl adjacent to an activating group) is 1. The van der Waals surface area contributed by atoms with Crippen molar-refractivity contribution in [2.75, 3.05) is 18.1 Å². The smallest absolute Gasteiger partial charge is 0.342 e. The van der Waals surface area contributed by atoms with Crippen molar-refractivity contribution in [2.24, 2.45) is 0 Å². The number of para-hydroxylation sites is 1. The first-order chi connectivity index (χ1) is 14.1. The number of aryl methyl sites for hydroxylation is 1. The summed E-state index contributed by atoms with van der Waals surface area (Å²) < 4.78 is 30.7. The van der Waals surface area contributed by atoms with Crippen molar-refractivity contribution in [3.63, 3.8) is 0 Å². The molecule has 2 heterocycles. The second-order valence-corrected chi connectivity index (χ2v) is 9.75. The minimum Gasteiger partial charge on any atom is -0.449 e. The zero-order valence-corrected chi connectivity index (χ0v) is 18.5. The van der Waals surface area contributed by atoms with Crippen LogP contribution in [-0.2, 0) is 19.4 Å². The average Bonchev–Trinajstić information content (AvgIpc) is 3.21. The number of carbonyl (C=O) groups excluding carboxylic acids is 2. The molecule has 8 nitrogen and oxygen atoms in total. The van der Waals surface area contributed by atoms with E-state index in [9.17, 15) is 18.0 Å². The molecule has 1 fully saturated rings. The first-order valence-electron chi connectivity index (χ1n) is 9.98. The highest BCUT2D eigenvalue weighted by molar-refractivity contribution is 7.91. The minimum absolute atomic E-state index is 0.0463. The van der Waals surface area contributed by atoms with Crippen molar-refractivity contribution in [2.45, 2.75) is 46.3 Å². The lowest BCUT2D eigenvalue weighted by Gasteiger charge is -2.29. The highest BCUT2D eigenvalue weighted by atomic mass is 32.2. The first kappa shape index (κ1) is 22.0. The third-order valence-electron chi connectivity index (χ3n) is 5.40. The van der Waals surface area contributed by atoms with Crippen molar-refractivity contribution in [3.05, 3.63) is 47.3 Å². The second kappa shape index (κ2) is 8.59. The van der Waals surface area contributed by atoms with Gasteiger partial charge in [-0.2, -0.15) is 5.10 Å². The van der Waals surface area contributed by atoms with Crippen LogP contribution < -0.4 is 0 Å². The number of esters is 1. The van der Waals surface area contributed by atoms with E-state index in [1.54, 1.807) is 25.5 Å². The Labute approximate surface area is 176 Å². The molecule has 1 saturated heterocycles. The molecule has 0 aliphatic carbocycles. The first-order valence-corrected chi connectivity index (χ1v) is 11.8. The second-order valence-electron chi connectivity index (χ2n) is 7.52. The van der Waals surface area contributed by atoms with Crippen molar-refractivity contribution in [3.8, 4) is 5.69 Å². The molecule has 2 aromatic rings. The normalized spacial score (nSPS) is 18.7. The standard InChI is InChI=1S/C21H27N3O5S/c1-5-23(18-11-12-30(27,28)13-18)20(25)16(4)29-21(26)19-14(2)22-24(15(19)3)17-9-7-6-8-10-17/h6-10,16,18H,5,11-13H2,1-4H3/t16-,18+/m1/s1. The summed E-state index contributed by atoms with van der Waals surface area (Å²) in [5.41, 5.74) is 2.28. The summed E-state index contributed by atoms with van der Waals surface area (Å²) in [5.74, 6) is -0.982. The number of nitrogens with zero attached hydrogens (tertiary/aromatic N) is 3. The molecule has 1 aromatic heterocycles. The molecule has 1 aliphatic rings. The molecule has 0 unspecified atom stereocenters. The molecule has 0 bridgehead atoms. The van der Waals surface area contributed by atoms with E-state index in [-0.39, 0.29) is 17.5 Å². The van der Waals surface area contributed by atoms with Crippen LogP contribution >= 0.6 is 0 Å².